The first-order valence-corrected chi connectivity index (χ1v) is 8.54. The average molecular weight is 287 g/mol. The molecule has 1 N–H and O–H groups in total. The summed E-state index contributed by atoms with van der Waals surface area (Å²) >= 11 is 0. The van der Waals surface area contributed by atoms with Crippen molar-refractivity contribution in [2.24, 2.45) is 5.41 Å². The van der Waals surface area contributed by atoms with Crippen LogP contribution in [0.5, 0.6) is 0 Å². The number of piperidine rings is 1. The van der Waals surface area contributed by atoms with Crippen LogP contribution >= 0.6 is 0 Å². The van der Waals surface area contributed by atoms with Crippen LogP contribution in [0.4, 0.5) is 5.82 Å². The Bertz CT molecular complexity index is 425. The SMILES string of the molecule is CC1(C)CCC(NC2CCN(c3ccccn3)CC2)CC1. The Morgan fingerprint density at radius 2 is 1.71 bits per heavy atom. The fraction of sp³-hybridized carbons (Fsp3) is 0.722. The van der Waals surface area contributed by atoms with Crippen molar-refractivity contribution in [3.63, 3.8) is 0 Å². The van der Waals surface area contributed by atoms with Crippen LogP contribution in [0, 0.1) is 5.41 Å². The number of hydrogen-bond donors (Lipinski definition) is 1. The normalized spacial score (nSPS) is 24.2. The van der Waals surface area contributed by atoms with Crippen LogP contribution in [0.1, 0.15) is 52.4 Å². The van der Waals surface area contributed by atoms with Gasteiger partial charge in [0.2, 0.25) is 0 Å². The highest BCUT2D eigenvalue weighted by Gasteiger charge is 2.29. The minimum Gasteiger partial charge on any atom is -0.357 e. The van der Waals surface area contributed by atoms with Gasteiger partial charge in [0.15, 0.2) is 0 Å². The molecule has 1 saturated carbocycles. The smallest absolute Gasteiger partial charge is 0.128 e. The monoisotopic (exact) mass is 287 g/mol. The Hall–Kier alpha value is -1.09. The van der Waals surface area contributed by atoms with Gasteiger partial charge in [0, 0.05) is 31.4 Å². The average Bonchev–Trinajstić information content (AvgIpc) is 2.51. The van der Waals surface area contributed by atoms with Crippen molar-refractivity contribution >= 4 is 5.82 Å². The quantitative estimate of drug-likeness (QED) is 0.920. The van der Waals surface area contributed by atoms with Crippen molar-refractivity contribution in [2.45, 2.75) is 64.5 Å². The summed E-state index contributed by atoms with van der Waals surface area (Å²) in [4.78, 5) is 6.88. The summed E-state index contributed by atoms with van der Waals surface area (Å²) in [5.41, 5.74) is 0.570. The largest absolute Gasteiger partial charge is 0.357 e. The van der Waals surface area contributed by atoms with E-state index in [1.807, 2.05) is 12.3 Å². The summed E-state index contributed by atoms with van der Waals surface area (Å²) < 4.78 is 0. The Morgan fingerprint density at radius 3 is 2.33 bits per heavy atom. The van der Waals surface area contributed by atoms with Crippen molar-refractivity contribution in [3.8, 4) is 0 Å². The molecule has 2 heterocycles. The van der Waals surface area contributed by atoms with Crippen LogP contribution < -0.4 is 10.2 Å². The second-order valence-electron chi connectivity index (χ2n) is 7.55. The van der Waals surface area contributed by atoms with Gasteiger partial charge in [-0.05, 0) is 56.1 Å². The van der Waals surface area contributed by atoms with Gasteiger partial charge in [-0.2, -0.15) is 0 Å². The molecule has 0 radical (unpaired) electrons. The Labute approximate surface area is 129 Å². The third-order valence-electron chi connectivity index (χ3n) is 5.28. The minimum atomic E-state index is 0.570. The lowest BCUT2D eigenvalue weighted by Gasteiger charge is -2.39. The maximum absolute atomic E-state index is 4.46. The van der Waals surface area contributed by atoms with Gasteiger partial charge in [-0.1, -0.05) is 19.9 Å². The lowest BCUT2D eigenvalue weighted by molar-refractivity contribution is 0.193. The highest BCUT2D eigenvalue weighted by Crippen LogP contribution is 2.35. The van der Waals surface area contributed by atoms with E-state index in [0.29, 0.717) is 11.5 Å². The number of nitrogens with zero attached hydrogens (tertiary/aromatic N) is 2. The zero-order chi connectivity index (χ0) is 14.7. The molecule has 1 saturated heterocycles. The van der Waals surface area contributed by atoms with E-state index in [-0.39, 0.29) is 0 Å². The van der Waals surface area contributed by atoms with Crippen LogP contribution in [-0.2, 0) is 0 Å². The second kappa shape index (κ2) is 6.35. The van der Waals surface area contributed by atoms with E-state index in [4.69, 9.17) is 0 Å². The number of aromatic nitrogens is 1. The van der Waals surface area contributed by atoms with E-state index in [9.17, 15) is 0 Å². The van der Waals surface area contributed by atoms with Crippen LogP contribution in [-0.4, -0.2) is 30.2 Å². The summed E-state index contributed by atoms with van der Waals surface area (Å²) in [6, 6.07) is 7.65. The molecule has 0 spiro atoms. The number of hydrogen-bond acceptors (Lipinski definition) is 3. The maximum atomic E-state index is 4.46. The summed E-state index contributed by atoms with van der Waals surface area (Å²) in [7, 11) is 0. The summed E-state index contributed by atoms with van der Waals surface area (Å²) in [5.74, 6) is 1.13. The van der Waals surface area contributed by atoms with Gasteiger partial charge >= 0.3 is 0 Å². The summed E-state index contributed by atoms with van der Waals surface area (Å²) in [6.07, 6.45) is 9.84. The molecule has 1 aromatic heterocycles. The van der Waals surface area contributed by atoms with E-state index in [1.165, 1.54) is 38.5 Å². The summed E-state index contributed by atoms with van der Waals surface area (Å²) in [5, 5.41) is 3.92. The van der Waals surface area contributed by atoms with E-state index in [1.54, 1.807) is 0 Å². The minimum absolute atomic E-state index is 0.570. The molecular weight excluding hydrogens is 258 g/mol. The Kier molecular flexibility index (Phi) is 4.48. The molecule has 1 aliphatic carbocycles. The number of nitrogens with one attached hydrogen (secondary N) is 1. The first-order chi connectivity index (χ1) is 10.1. The first kappa shape index (κ1) is 14.8. The van der Waals surface area contributed by atoms with Crippen molar-refractivity contribution in [2.75, 3.05) is 18.0 Å². The van der Waals surface area contributed by atoms with Crippen molar-refractivity contribution in [1.82, 2.24) is 10.3 Å². The molecule has 1 aliphatic heterocycles. The number of anilines is 1. The van der Waals surface area contributed by atoms with Gasteiger partial charge in [0.1, 0.15) is 5.82 Å². The van der Waals surface area contributed by atoms with Gasteiger partial charge in [0.05, 0.1) is 0 Å². The maximum Gasteiger partial charge on any atom is 0.128 e. The highest BCUT2D eigenvalue weighted by atomic mass is 15.2. The van der Waals surface area contributed by atoms with Crippen LogP contribution in [0.3, 0.4) is 0 Å². The molecule has 0 amide bonds. The first-order valence-electron chi connectivity index (χ1n) is 8.54. The van der Waals surface area contributed by atoms with E-state index < -0.39 is 0 Å². The lowest BCUT2D eigenvalue weighted by Crippen LogP contribution is -2.47. The van der Waals surface area contributed by atoms with Crippen LogP contribution in [0.25, 0.3) is 0 Å². The molecule has 116 valence electrons. The van der Waals surface area contributed by atoms with Crippen molar-refractivity contribution < 1.29 is 0 Å². The molecule has 0 unspecified atom stereocenters. The molecule has 2 aliphatic rings. The molecule has 3 heteroatoms. The molecule has 21 heavy (non-hydrogen) atoms. The molecule has 3 rings (SSSR count). The lowest BCUT2D eigenvalue weighted by atomic mass is 9.75. The fourth-order valence-corrected chi connectivity index (χ4v) is 3.72. The molecule has 1 aromatic rings. The highest BCUT2D eigenvalue weighted by molar-refractivity contribution is 5.38. The molecule has 0 bridgehead atoms. The van der Waals surface area contributed by atoms with Gasteiger partial charge < -0.3 is 10.2 Å². The van der Waals surface area contributed by atoms with Gasteiger partial charge in [-0.25, -0.2) is 4.98 Å². The Morgan fingerprint density at radius 1 is 1.05 bits per heavy atom. The number of rotatable bonds is 3. The topological polar surface area (TPSA) is 28.2 Å². The third kappa shape index (κ3) is 3.97. The molecule has 0 atom stereocenters. The molecular formula is C18H29N3. The third-order valence-corrected chi connectivity index (χ3v) is 5.28. The Balaban J connectivity index is 1.44. The fourth-order valence-electron chi connectivity index (χ4n) is 3.72. The zero-order valence-corrected chi connectivity index (χ0v) is 13.5. The van der Waals surface area contributed by atoms with Gasteiger partial charge in [-0.15, -0.1) is 0 Å². The van der Waals surface area contributed by atoms with E-state index >= 15 is 0 Å². The van der Waals surface area contributed by atoms with Crippen molar-refractivity contribution in [1.29, 1.82) is 0 Å². The van der Waals surface area contributed by atoms with E-state index in [2.05, 4.69) is 41.2 Å². The second-order valence-corrected chi connectivity index (χ2v) is 7.55. The predicted molar refractivity (Wildman–Crippen MR) is 88.6 cm³/mol. The zero-order valence-electron chi connectivity index (χ0n) is 13.5. The standard InChI is InChI=1S/C18H29N3/c1-18(2)10-6-15(7-11-18)20-16-8-13-21(14-9-16)17-5-3-4-12-19-17/h3-5,12,15-16,20H,6-11,13-14H2,1-2H3. The van der Waals surface area contributed by atoms with Gasteiger partial charge in [0.25, 0.3) is 0 Å². The van der Waals surface area contributed by atoms with Crippen molar-refractivity contribution in [3.05, 3.63) is 24.4 Å². The summed E-state index contributed by atoms with van der Waals surface area (Å²) in [6.45, 7) is 7.09. The predicted octanol–water partition coefficient (Wildman–Crippen LogP) is 3.61. The molecule has 3 nitrogen and oxygen atoms in total. The molecule has 2 fully saturated rings. The number of pyridine rings is 1. The van der Waals surface area contributed by atoms with Crippen LogP contribution in [0.2, 0.25) is 0 Å². The van der Waals surface area contributed by atoms with Gasteiger partial charge in [-0.3, -0.25) is 0 Å². The molecule has 0 aromatic carbocycles. The van der Waals surface area contributed by atoms with Crippen LogP contribution in [0.15, 0.2) is 24.4 Å². The van der Waals surface area contributed by atoms with E-state index in [0.717, 1.165) is 24.9 Å².